The minimum atomic E-state index is -1.26. The van der Waals surface area contributed by atoms with Gasteiger partial charge in [-0.05, 0) is 60.7 Å². The minimum Gasteiger partial charge on any atom is -0.488 e. The van der Waals surface area contributed by atoms with Crippen LogP contribution in [0.25, 0.3) is 11.1 Å². The lowest BCUT2D eigenvalue weighted by atomic mass is 9.83. The molecule has 4 rings (SSSR count). The number of hydrogen-bond donors (Lipinski definition) is 3. The molecule has 2 unspecified atom stereocenters. The van der Waals surface area contributed by atoms with Gasteiger partial charge < -0.3 is 20.7 Å². The standard InChI is InChI=1S/C22H21FN2O.C4H4O4/c1-22(24,21-11-8-16-4-2-3-5-20(16)26-21)18-12-17(13-25-14-18)15-6-9-19(23)10-7-15;5-3(6)1-2-4(7)8/h2-7,9-10,12-14,21H,8,11,24H2,1H3;1-2H,(H,5,6)(H,7,8)/b;2-1-. The number of hydrogen-bond acceptors (Lipinski definition) is 5. The number of benzene rings is 2. The maximum atomic E-state index is 13.2. The first-order valence-electron chi connectivity index (χ1n) is 10.6. The first-order valence-corrected chi connectivity index (χ1v) is 10.6. The second kappa shape index (κ2) is 10.7. The Morgan fingerprint density at radius 1 is 1.06 bits per heavy atom. The van der Waals surface area contributed by atoms with Crippen molar-refractivity contribution in [2.45, 2.75) is 31.4 Å². The minimum absolute atomic E-state index is 0.136. The molecule has 0 radical (unpaired) electrons. The highest BCUT2D eigenvalue weighted by Gasteiger charge is 2.36. The van der Waals surface area contributed by atoms with E-state index in [0.29, 0.717) is 12.2 Å². The molecule has 0 amide bonds. The van der Waals surface area contributed by atoms with Gasteiger partial charge in [0.15, 0.2) is 0 Å². The lowest BCUT2D eigenvalue weighted by Gasteiger charge is -2.38. The average Bonchev–Trinajstić information content (AvgIpc) is 2.83. The molecule has 0 aliphatic carbocycles. The van der Waals surface area contributed by atoms with Gasteiger partial charge in [0.25, 0.3) is 0 Å². The number of rotatable bonds is 5. The number of aryl methyl sites for hydroxylation is 1. The highest BCUT2D eigenvalue weighted by atomic mass is 19.1. The van der Waals surface area contributed by atoms with Gasteiger partial charge in [-0.2, -0.15) is 0 Å². The van der Waals surface area contributed by atoms with Gasteiger partial charge in [-0.25, -0.2) is 14.0 Å². The van der Waals surface area contributed by atoms with Crippen LogP contribution < -0.4 is 10.5 Å². The molecule has 0 bridgehead atoms. The molecule has 0 fully saturated rings. The lowest BCUT2D eigenvalue weighted by molar-refractivity contribution is -0.134. The smallest absolute Gasteiger partial charge is 0.328 e. The fourth-order valence-corrected chi connectivity index (χ4v) is 3.61. The van der Waals surface area contributed by atoms with Crippen LogP contribution >= 0.6 is 0 Å². The van der Waals surface area contributed by atoms with Gasteiger partial charge >= 0.3 is 11.9 Å². The normalized spacial score (nSPS) is 16.4. The first-order chi connectivity index (χ1) is 16.2. The highest BCUT2D eigenvalue weighted by Crippen LogP contribution is 2.35. The van der Waals surface area contributed by atoms with Crippen molar-refractivity contribution in [3.05, 3.63) is 96.1 Å². The van der Waals surface area contributed by atoms with E-state index < -0.39 is 17.5 Å². The average molecular weight is 464 g/mol. The van der Waals surface area contributed by atoms with Gasteiger partial charge in [-0.15, -0.1) is 0 Å². The quantitative estimate of drug-likeness (QED) is 0.484. The number of carbonyl (C=O) groups is 2. The van der Waals surface area contributed by atoms with E-state index in [2.05, 4.69) is 11.1 Å². The second-order valence-corrected chi connectivity index (χ2v) is 8.01. The third-order valence-corrected chi connectivity index (χ3v) is 5.49. The van der Waals surface area contributed by atoms with E-state index in [1.165, 1.54) is 17.7 Å². The fraction of sp³-hybridized carbons (Fsp3) is 0.192. The lowest BCUT2D eigenvalue weighted by Crippen LogP contribution is -2.49. The summed E-state index contributed by atoms with van der Waals surface area (Å²) in [6.07, 6.45) is 6.33. The van der Waals surface area contributed by atoms with Crippen LogP contribution in [0.1, 0.15) is 24.5 Å². The molecule has 1 aliphatic heterocycles. The van der Waals surface area contributed by atoms with Crippen molar-refractivity contribution >= 4 is 11.9 Å². The van der Waals surface area contributed by atoms with E-state index in [9.17, 15) is 14.0 Å². The van der Waals surface area contributed by atoms with Crippen LogP contribution in [0.15, 0.2) is 79.1 Å². The largest absolute Gasteiger partial charge is 0.488 e. The van der Waals surface area contributed by atoms with E-state index in [1.54, 1.807) is 24.5 Å². The number of nitrogens with two attached hydrogens (primary N) is 1. The Balaban J connectivity index is 0.000000350. The number of carboxylic acids is 2. The summed E-state index contributed by atoms with van der Waals surface area (Å²) in [7, 11) is 0. The third kappa shape index (κ3) is 6.26. The summed E-state index contributed by atoms with van der Waals surface area (Å²) in [5.41, 5.74) is 9.98. The number of nitrogens with zero attached hydrogens (tertiary/aromatic N) is 1. The molecule has 0 saturated carbocycles. The molecule has 0 spiro atoms. The summed E-state index contributed by atoms with van der Waals surface area (Å²) in [5.74, 6) is -1.86. The zero-order valence-corrected chi connectivity index (χ0v) is 18.5. The van der Waals surface area contributed by atoms with E-state index in [-0.39, 0.29) is 11.9 Å². The molecule has 7 nitrogen and oxygen atoms in total. The molecule has 0 saturated heterocycles. The molecular weight excluding hydrogens is 439 g/mol. The maximum absolute atomic E-state index is 13.2. The van der Waals surface area contributed by atoms with Crippen LogP contribution in [0.3, 0.4) is 0 Å². The van der Waals surface area contributed by atoms with E-state index >= 15 is 0 Å². The second-order valence-electron chi connectivity index (χ2n) is 8.01. The molecule has 176 valence electrons. The summed E-state index contributed by atoms with van der Waals surface area (Å²) in [6.45, 7) is 1.98. The van der Waals surface area contributed by atoms with Crippen molar-refractivity contribution in [3.8, 4) is 16.9 Å². The van der Waals surface area contributed by atoms with Crippen molar-refractivity contribution in [2.24, 2.45) is 5.73 Å². The Hall–Kier alpha value is -4.04. The number of fused-ring (bicyclic) bond motifs is 1. The monoisotopic (exact) mass is 464 g/mol. The Morgan fingerprint density at radius 2 is 1.71 bits per heavy atom. The SMILES string of the molecule is CC(N)(c1cncc(-c2ccc(F)cc2)c1)C1CCc2ccccc2O1.O=C(O)/C=C\C(=O)O. The number of halogens is 1. The molecule has 4 N–H and O–H groups in total. The van der Waals surface area contributed by atoms with Gasteiger partial charge in [-0.3, -0.25) is 4.98 Å². The van der Waals surface area contributed by atoms with Crippen LogP contribution in [0.4, 0.5) is 4.39 Å². The van der Waals surface area contributed by atoms with Crippen LogP contribution in [-0.2, 0) is 21.5 Å². The number of ether oxygens (including phenoxy) is 1. The van der Waals surface area contributed by atoms with Crippen LogP contribution in [0, 0.1) is 5.82 Å². The van der Waals surface area contributed by atoms with Crippen molar-refractivity contribution in [3.63, 3.8) is 0 Å². The Labute approximate surface area is 196 Å². The summed E-state index contributed by atoms with van der Waals surface area (Å²) < 4.78 is 19.4. The first kappa shape index (κ1) is 24.6. The summed E-state index contributed by atoms with van der Waals surface area (Å²) in [5, 5.41) is 15.6. The molecule has 3 aromatic rings. The molecule has 2 atom stereocenters. The Morgan fingerprint density at radius 3 is 2.35 bits per heavy atom. The number of aromatic nitrogens is 1. The van der Waals surface area contributed by atoms with Crippen molar-refractivity contribution in [1.82, 2.24) is 4.98 Å². The molecule has 2 aromatic carbocycles. The fourth-order valence-electron chi connectivity index (χ4n) is 3.61. The number of carboxylic acid groups (broad SMARTS) is 2. The number of pyridine rings is 1. The van der Waals surface area contributed by atoms with Gasteiger partial charge in [0.05, 0.1) is 5.54 Å². The van der Waals surface area contributed by atoms with Gasteiger partial charge in [0.1, 0.15) is 17.7 Å². The van der Waals surface area contributed by atoms with Gasteiger partial charge in [0.2, 0.25) is 0 Å². The van der Waals surface area contributed by atoms with Crippen molar-refractivity contribution < 1.29 is 28.9 Å². The van der Waals surface area contributed by atoms with Crippen LogP contribution in [0.2, 0.25) is 0 Å². The maximum Gasteiger partial charge on any atom is 0.328 e. The number of para-hydroxylation sites is 1. The van der Waals surface area contributed by atoms with E-state index in [4.69, 9.17) is 20.7 Å². The number of aliphatic carboxylic acids is 2. The van der Waals surface area contributed by atoms with Gasteiger partial charge in [-0.1, -0.05) is 30.3 Å². The Bertz CT molecular complexity index is 1180. The molecule has 1 aromatic heterocycles. The molecule has 8 heteroatoms. The summed E-state index contributed by atoms with van der Waals surface area (Å²) in [6, 6.07) is 16.5. The predicted molar refractivity (Wildman–Crippen MR) is 125 cm³/mol. The molecular formula is C26H25FN2O5. The summed E-state index contributed by atoms with van der Waals surface area (Å²) in [4.78, 5) is 23.5. The van der Waals surface area contributed by atoms with Crippen molar-refractivity contribution in [1.29, 1.82) is 0 Å². The Kier molecular flexibility index (Phi) is 7.75. The molecule has 1 aliphatic rings. The summed E-state index contributed by atoms with van der Waals surface area (Å²) >= 11 is 0. The highest BCUT2D eigenvalue weighted by molar-refractivity contribution is 5.89. The predicted octanol–water partition coefficient (Wildman–Crippen LogP) is 4.17. The van der Waals surface area contributed by atoms with E-state index in [1.807, 2.05) is 31.2 Å². The van der Waals surface area contributed by atoms with E-state index in [0.717, 1.165) is 35.3 Å². The van der Waals surface area contributed by atoms with Crippen LogP contribution in [-0.4, -0.2) is 33.2 Å². The van der Waals surface area contributed by atoms with Crippen molar-refractivity contribution in [2.75, 3.05) is 0 Å². The zero-order valence-electron chi connectivity index (χ0n) is 18.5. The third-order valence-electron chi connectivity index (χ3n) is 5.49. The molecule has 34 heavy (non-hydrogen) atoms. The van der Waals surface area contributed by atoms with Crippen LogP contribution in [0.5, 0.6) is 5.75 Å². The topological polar surface area (TPSA) is 123 Å². The molecule has 2 heterocycles. The van der Waals surface area contributed by atoms with Gasteiger partial charge in [0, 0.05) is 30.1 Å². The zero-order chi connectivity index (χ0) is 24.7.